The molecule has 4 atom stereocenters. The Labute approximate surface area is 400 Å². The average Bonchev–Trinajstić information content (AvgIpc) is 3.90. The number of nitrogens with zero attached hydrogens (tertiary/aromatic N) is 7. The molecule has 5 aromatic rings. The van der Waals surface area contributed by atoms with E-state index in [4.69, 9.17) is 38.1 Å². The van der Waals surface area contributed by atoms with Gasteiger partial charge < -0.3 is 38.2 Å². The number of aryl methyl sites for hydroxylation is 1. The Balaban J connectivity index is 1.47. The first-order valence-electron chi connectivity index (χ1n) is 22.5. The van der Waals surface area contributed by atoms with Crippen LogP contribution in [0.15, 0.2) is 88.6 Å². The zero-order valence-electron chi connectivity index (χ0n) is 39.9. The van der Waals surface area contributed by atoms with Crippen molar-refractivity contribution in [2.24, 2.45) is 4.99 Å². The highest BCUT2D eigenvalue weighted by atomic mass is 31.2. The van der Waals surface area contributed by atoms with Crippen molar-refractivity contribution in [1.29, 1.82) is 5.26 Å². The standard InChI is InChI=1S/C48H59F3N9O8P/c1-31(2)60(32(3)4)69(66-27-13-25-52)68-39-28-41(59-43-42(44(61)56-46(55-43)54-30-58(5)6)38(57-59)16-12-26-53-45(62)48(49,50)51)67-40(39)29-65-47(33-14-10-9-11-15-33,34-17-21-36(63-7)22-18-34)35-19-23-37(64-8)24-20-35/h9-11,14-15,17-24,30-32,39-41H,12-13,16,26-29H2,1-8H3,(H,53,62)(H,55,56,61)/b54-30+/t39?,40-,41-,69?/m1/s1. The minimum absolute atomic E-state index is 0.00495. The van der Waals surface area contributed by atoms with Crippen molar-refractivity contribution in [3.05, 3.63) is 112 Å². The molecule has 2 N–H and O–H groups in total. The number of carbonyl (C=O) groups is 1. The molecule has 0 radical (unpaired) electrons. The summed E-state index contributed by atoms with van der Waals surface area (Å²) in [5, 5.41) is 16.3. The van der Waals surface area contributed by atoms with Gasteiger partial charge in [0.05, 0.1) is 58.1 Å². The molecule has 21 heteroatoms. The van der Waals surface area contributed by atoms with Gasteiger partial charge in [0.25, 0.3) is 14.1 Å². The third kappa shape index (κ3) is 12.6. The molecule has 17 nitrogen and oxygen atoms in total. The number of hydrogen-bond donors (Lipinski definition) is 2. The van der Waals surface area contributed by atoms with Crippen molar-refractivity contribution in [3.63, 3.8) is 0 Å². The number of aliphatic imine (C=N–C) groups is 1. The van der Waals surface area contributed by atoms with Crippen molar-refractivity contribution in [1.82, 2.24) is 34.6 Å². The molecule has 0 aliphatic carbocycles. The molecular weight excluding hydrogens is 919 g/mol. The second-order valence-electron chi connectivity index (χ2n) is 16.9. The van der Waals surface area contributed by atoms with Gasteiger partial charge in [-0.1, -0.05) is 54.6 Å². The Bertz CT molecular complexity index is 2530. The van der Waals surface area contributed by atoms with Gasteiger partial charge in [0.1, 0.15) is 28.6 Å². The van der Waals surface area contributed by atoms with E-state index in [-0.39, 0.29) is 80.2 Å². The number of alkyl halides is 3. The number of nitriles is 1. The summed E-state index contributed by atoms with van der Waals surface area (Å²) >= 11 is 0. The molecule has 69 heavy (non-hydrogen) atoms. The quantitative estimate of drug-likeness (QED) is 0.0211. The van der Waals surface area contributed by atoms with E-state index in [9.17, 15) is 28.0 Å². The number of methoxy groups -OCH3 is 2. The van der Waals surface area contributed by atoms with Gasteiger partial charge >= 0.3 is 12.1 Å². The number of halogens is 3. The summed E-state index contributed by atoms with van der Waals surface area (Å²) in [6.45, 7) is 7.84. The monoisotopic (exact) mass is 977 g/mol. The zero-order valence-corrected chi connectivity index (χ0v) is 40.8. The molecular formula is C48H59F3N9O8P. The van der Waals surface area contributed by atoms with E-state index in [1.807, 2.05) is 112 Å². The number of amides is 1. The number of carbonyl (C=O) groups excluding carboxylic acids is 1. The number of nitrogens with one attached hydrogen (secondary N) is 2. The maximum absolute atomic E-state index is 13.9. The summed E-state index contributed by atoms with van der Waals surface area (Å²) in [6.07, 6.45) is -5.82. The van der Waals surface area contributed by atoms with Crippen molar-refractivity contribution in [2.45, 2.75) is 95.7 Å². The summed E-state index contributed by atoms with van der Waals surface area (Å²) in [5.41, 5.74) is 0.872. The van der Waals surface area contributed by atoms with Crippen LogP contribution in [0.4, 0.5) is 19.1 Å². The topological polar surface area (TPSA) is 191 Å². The van der Waals surface area contributed by atoms with Crippen LogP contribution in [-0.2, 0) is 35.3 Å². The van der Waals surface area contributed by atoms with Crippen LogP contribution in [0.1, 0.15) is 75.6 Å². The molecule has 3 aromatic carbocycles. The molecule has 3 heterocycles. The third-order valence-corrected chi connectivity index (χ3v) is 13.3. The highest BCUT2D eigenvalue weighted by Crippen LogP contribution is 2.51. The van der Waals surface area contributed by atoms with Crippen LogP contribution in [0.2, 0.25) is 0 Å². The molecule has 370 valence electrons. The largest absolute Gasteiger partial charge is 0.497 e. The van der Waals surface area contributed by atoms with Crippen molar-refractivity contribution >= 4 is 37.8 Å². The van der Waals surface area contributed by atoms with Crippen LogP contribution >= 0.6 is 8.53 Å². The summed E-state index contributed by atoms with van der Waals surface area (Å²) in [4.78, 5) is 38.8. The summed E-state index contributed by atoms with van der Waals surface area (Å²) in [7, 11) is 4.88. The highest BCUT2D eigenvalue weighted by molar-refractivity contribution is 7.44. The lowest BCUT2D eigenvalue weighted by atomic mass is 9.80. The molecule has 1 amide bonds. The van der Waals surface area contributed by atoms with Crippen molar-refractivity contribution in [3.8, 4) is 17.6 Å². The number of fused-ring (bicyclic) bond motifs is 1. The number of H-pyrrole nitrogens is 1. The highest BCUT2D eigenvalue weighted by Gasteiger charge is 2.46. The van der Waals surface area contributed by atoms with Crippen LogP contribution in [0, 0.1) is 11.3 Å². The predicted molar refractivity (Wildman–Crippen MR) is 254 cm³/mol. The van der Waals surface area contributed by atoms with Crippen molar-refractivity contribution in [2.75, 3.05) is 48.1 Å². The van der Waals surface area contributed by atoms with E-state index >= 15 is 0 Å². The number of benzene rings is 3. The fourth-order valence-corrected chi connectivity index (χ4v) is 9.83. The fourth-order valence-electron chi connectivity index (χ4n) is 8.07. The van der Waals surface area contributed by atoms with E-state index < -0.39 is 50.2 Å². The number of rotatable bonds is 23. The maximum Gasteiger partial charge on any atom is 0.471 e. The van der Waals surface area contributed by atoms with Crippen LogP contribution in [0.5, 0.6) is 11.5 Å². The Morgan fingerprint density at radius 3 is 2.16 bits per heavy atom. The molecule has 1 aliphatic heterocycles. The molecule has 1 fully saturated rings. The molecule has 2 aromatic heterocycles. The van der Waals surface area contributed by atoms with E-state index in [0.717, 1.165) is 16.7 Å². The minimum Gasteiger partial charge on any atom is -0.497 e. The summed E-state index contributed by atoms with van der Waals surface area (Å²) in [6, 6.07) is 27.1. The van der Waals surface area contributed by atoms with Gasteiger partial charge in [-0.2, -0.15) is 28.5 Å². The Morgan fingerprint density at radius 2 is 1.61 bits per heavy atom. The second-order valence-corrected chi connectivity index (χ2v) is 18.3. The van der Waals surface area contributed by atoms with E-state index in [1.54, 1.807) is 33.2 Å². The van der Waals surface area contributed by atoms with Crippen LogP contribution in [0.3, 0.4) is 0 Å². The fraction of sp³-hybridized carbons (Fsp3) is 0.458. The normalized spacial score (nSPS) is 17.0. The Hall–Kier alpha value is -5.94. The van der Waals surface area contributed by atoms with E-state index in [2.05, 4.69) is 20.7 Å². The Kier molecular flexibility index (Phi) is 17.9. The number of hydrogen-bond acceptors (Lipinski definition) is 13. The summed E-state index contributed by atoms with van der Waals surface area (Å²) in [5.74, 6) is -0.798. The lowest BCUT2D eigenvalue weighted by molar-refractivity contribution is -0.173. The van der Waals surface area contributed by atoms with Crippen LogP contribution in [-0.4, -0.2) is 120 Å². The SMILES string of the molecule is COc1ccc(C(OC[C@H]2O[C@@H](n3nc(CCCNC(=O)C(F)(F)F)c4c(=O)[nH]c(/N=C/N(C)C)nc43)CC2OP(OCCC#N)N(C(C)C)C(C)C)(c2ccccc2)c2ccc(OC)cc2)cc1. The lowest BCUT2D eigenvalue weighted by Gasteiger charge is -2.39. The van der Waals surface area contributed by atoms with Crippen molar-refractivity contribution < 1.29 is 46.0 Å². The van der Waals surface area contributed by atoms with Crippen LogP contribution < -0.4 is 20.3 Å². The molecule has 0 saturated carbocycles. The average molecular weight is 978 g/mol. The first-order valence-corrected chi connectivity index (χ1v) is 23.6. The molecule has 0 spiro atoms. The number of aromatic nitrogens is 4. The predicted octanol–water partition coefficient (Wildman–Crippen LogP) is 7.93. The first kappa shape index (κ1) is 52.4. The number of ether oxygens (including phenoxy) is 4. The van der Waals surface area contributed by atoms with Gasteiger partial charge in [-0.3, -0.25) is 14.6 Å². The lowest BCUT2D eigenvalue weighted by Crippen LogP contribution is -2.39. The second kappa shape index (κ2) is 23.6. The van der Waals surface area contributed by atoms with Gasteiger partial charge in [0, 0.05) is 39.1 Å². The molecule has 2 unspecified atom stereocenters. The van der Waals surface area contributed by atoms with E-state index in [0.29, 0.717) is 11.5 Å². The molecule has 1 aliphatic rings. The smallest absolute Gasteiger partial charge is 0.471 e. The molecule has 0 bridgehead atoms. The molecule has 1 saturated heterocycles. The number of aromatic amines is 1. The van der Waals surface area contributed by atoms with Crippen LogP contribution in [0.25, 0.3) is 11.0 Å². The summed E-state index contributed by atoms with van der Waals surface area (Å²) < 4.78 is 81.4. The molecule has 6 rings (SSSR count). The zero-order chi connectivity index (χ0) is 49.9. The van der Waals surface area contributed by atoms with Gasteiger partial charge in [-0.25, -0.2) is 14.3 Å². The van der Waals surface area contributed by atoms with Gasteiger partial charge in [-0.15, -0.1) is 0 Å². The maximum atomic E-state index is 13.9. The minimum atomic E-state index is -5.05. The van der Waals surface area contributed by atoms with Gasteiger partial charge in [0.2, 0.25) is 5.95 Å². The first-order chi connectivity index (χ1) is 33.0. The van der Waals surface area contributed by atoms with E-state index in [1.165, 1.54) is 11.0 Å². The Morgan fingerprint density at radius 1 is 1.00 bits per heavy atom. The third-order valence-electron chi connectivity index (χ3n) is 11.1. The van der Waals surface area contributed by atoms with Gasteiger partial charge in [-0.05, 0) is 81.5 Å². The van der Waals surface area contributed by atoms with Gasteiger partial charge in [0.15, 0.2) is 11.9 Å².